The van der Waals surface area contributed by atoms with Crippen molar-refractivity contribution >= 4 is 11.7 Å². The summed E-state index contributed by atoms with van der Waals surface area (Å²) in [5, 5.41) is 5.88. The molecule has 4 heteroatoms. The molecule has 0 radical (unpaired) electrons. The third-order valence-corrected chi connectivity index (χ3v) is 4.74. The Labute approximate surface area is 126 Å². The van der Waals surface area contributed by atoms with Crippen molar-refractivity contribution in [2.75, 3.05) is 25.0 Å². The summed E-state index contributed by atoms with van der Waals surface area (Å²) in [6.07, 6.45) is 6.73. The van der Waals surface area contributed by atoms with Gasteiger partial charge in [0.15, 0.2) is 0 Å². The maximum absolute atomic E-state index is 11.9. The van der Waals surface area contributed by atoms with E-state index in [0.29, 0.717) is 5.92 Å². The zero-order valence-corrected chi connectivity index (χ0v) is 12.6. The number of hydrogen-bond acceptors (Lipinski definition) is 2. The standard InChI is InChI=1S/C17H25N3O/c21-17(19-15-6-2-1-3-7-15)18-12-14-10-11-20(13-14)16-8-4-5-9-16/h1-3,6-7,14,16H,4-5,8-13H2,(H2,18,19,21). The van der Waals surface area contributed by atoms with Gasteiger partial charge in [0, 0.05) is 24.8 Å². The summed E-state index contributed by atoms with van der Waals surface area (Å²) in [4.78, 5) is 14.5. The molecule has 1 aromatic carbocycles. The highest BCUT2D eigenvalue weighted by molar-refractivity contribution is 5.89. The Morgan fingerprint density at radius 2 is 1.90 bits per heavy atom. The van der Waals surface area contributed by atoms with Crippen LogP contribution in [0.1, 0.15) is 32.1 Å². The van der Waals surface area contributed by atoms with Crippen molar-refractivity contribution in [2.24, 2.45) is 5.92 Å². The van der Waals surface area contributed by atoms with E-state index in [2.05, 4.69) is 15.5 Å². The second kappa shape index (κ2) is 6.94. The predicted octanol–water partition coefficient (Wildman–Crippen LogP) is 3.07. The Hall–Kier alpha value is -1.55. The minimum Gasteiger partial charge on any atom is -0.338 e. The largest absolute Gasteiger partial charge is 0.338 e. The summed E-state index contributed by atoms with van der Waals surface area (Å²) in [7, 11) is 0. The topological polar surface area (TPSA) is 44.4 Å². The first-order chi connectivity index (χ1) is 10.3. The molecule has 2 amide bonds. The molecule has 0 bridgehead atoms. The van der Waals surface area contributed by atoms with Crippen LogP contribution < -0.4 is 10.6 Å². The first-order valence-corrected chi connectivity index (χ1v) is 8.15. The van der Waals surface area contributed by atoms with Gasteiger partial charge in [-0.3, -0.25) is 0 Å². The van der Waals surface area contributed by atoms with E-state index in [1.54, 1.807) is 0 Å². The van der Waals surface area contributed by atoms with Crippen LogP contribution in [0.4, 0.5) is 10.5 Å². The molecule has 21 heavy (non-hydrogen) atoms. The number of urea groups is 1. The molecule has 1 aliphatic heterocycles. The Balaban J connectivity index is 1.38. The van der Waals surface area contributed by atoms with E-state index in [9.17, 15) is 4.79 Å². The zero-order chi connectivity index (χ0) is 14.5. The fourth-order valence-electron chi connectivity index (χ4n) is 3.56. The van der Waals surface area contributed by atoms with Crippen LogP contribution in [0.3, 0.4) is 0 Å². The summed E-state index contributed by atoms with van der Waals surface area (Å²) in [6, 6.07) is 10.3. The van der Waals surface area contributed by atoms with E-state index in [1.165, 1.54) is 38.6 Å². The van der Waals surface area contributed by atoms with E-state index >= 15 is 0 Å². The van der Waals surface area contributed by atoms with Gasteiger partial charge < -0.3 is 15.5 Å². The summed E-state index contributed by atoms with van der Waals surface area (Å²) in [5.41, 5.74) is 0.842. The van der Waals surface area contributed by atoms with E-state index in [4.69, 9.17) is 0 Å². The average molecular weight is 287 g/mol. The van der Waals surface area contributed by atoms with Gasteiger partial charge in [-0.05, 0) is 43.9 Å². The SMILES string of the molecule is O=C(NCC1CCN(C2CCCC2)C1)Nc1ccccc1. The summed E-state index contributed by atoms with van der Waals surface area (Å²) in [6.45, 7) is 3.13. The molecule has 2 N–H and O–H groups in total. The second-order valence-corrected chi connectivity index (χ2v) is 6.29. The van der Waals surface area contributed by atoms with Crippen LogP contribution in [0, 0.1) is 5.92 Å². The lowest BCUT2D eigenvalue weighted by Crippen LogP contribution is -2.35. The van der Waals surface area contributed by atoms with Gasteiger partial charge in [-0.15, -0.1) is 0 Å². The molecule has 2 aliphatic rings. The Kier molecular flexibility index (Phi) is 4.76. The molecule has 1 heterocycles. The minimum atomic E-state index is -0.0967. The second-order valence-electron chi connectivity index (χ2n) is 6.29. The predicted molar refractivity (Wildman–Crippen MR) is 85.4 cm³/mol. The van der Waals surface area contributed by atoms with E-state index in [0.717, 1.165) is 24.8 Å². The quantitative estimate of drug-likeness (QED) is 0.894. The number of anilines is 1. The van der Waals surface area contributed by atoms with Gasteiger partial charge >= 0.3 is 6.03 Å². The molecule has 0 spiro atoms. The van der Waals surface area contributed by atoms with Crippen LogP contribution in [0.15, 0.2) is 30.3 Å². The van der Waals surface area contributed by atoms with Gasteiger partial charge in [0.1, 0.15) is 0 Å². The van der Waals surface area contributed by atoms with Crippen molar-refractivity contribution in [3.05, 3.63) is 30.3 Å². The van der Waals surface area contributed by atoms with Gasteiger partial charge in [0.25, 0.3) is 0 Å². The normalized spacial score (nSPS) is 23.3. The van der Waals surface area contributed by atoms with Crippen LogP contribution in [0.5, 0.6) is 0 Å². The third-order valence-electron chi connectivity index (χ3n) is 4.74. The number of likely N-dealkylation sites (tertiary alicyclic amines) is 1. The molecule has 3 rings (SSSR count). The lowest BCUT2D eigenvalue weighted by molar-refractivity contribution is 0.234. The molecule has 4 nitrogen and oxygen atoms in total. The number of hydrogen-bond donors (Lipinski definition) is 2. The molecule has 1 saturated heterocycles. The number of nitrogens with one attached hydrogen (secondary N) is 2. The van der Waals surface area contributed by atoms with Crippen LogP contribution in [-0.2, 0) is 0 Å². The summed E-state index contributed by atoms with van der Waals surface area (Å²) >= 11 is 0. The number of rotatable bonds is 4. The summed E-state index contributed by atoms with van der Waals surface area (Å²) in [5.74, 6) is 0.604. The van der Waals surface area contributed by atoms with Crippen molar-refractivity contribution < 1.29 is 4.79 Å². The molecule has 1 unspecified atom stereocenters. The molecule has 2 fully saturated rings. The molecular formula is C17H25N3O. The van der Waals surface area contributed by atoms with Crippen molar-refractivity contribution in [1.29, 1.82) is 0 Å². The highest BCUT2D eigenvalue weighted by Crippen LogP contribution is 2.28. The van der Waals surface area contributed by atoms with Gasteiger partial charge in [-0.2, -0.15) is 0 Å². The highest BCUT2D eigenvalue weighted by atomic mass is 16.2. The molecular weight excluding hydrogens is 262 g/mol. The monoisotopic (exact) mass is 287 g/mol. The number of para-hydroxylation sites is 1. The van der Waals surface area contributed by atoms with Gasteiger partial charge in [-0.25, -0.2) is 4.79 Å². The van der Waals surface area contributed by atoms with Crippen molar-refractivity contribution in [3.8, 4) is 0 Å². The molecule has 1 aromatic rings. The Morgan fingerprint density at radius 3 is 2.67 bits per heavy atom. The van der Waals surface area contributed by atoms with Gasteiger partial charge in [0.05, 0.1) is 0 Å². The third kappa shape index (κ3) is 3.97. The molecule has 1 saturated carbocycles. The van der Waals surface area contributed by atoms with Crippen LogP contribution in [-0.4, -0.2) is 36.6 Å². The van der Waals surface area contributed by atoms with E-state index in [-0.39, 0.29) is 6.03 Å². The smallest absolute Gasteiger partial charge is 0.319 e. The number of nitrogens with zero attached hydrogens (tertiary/aromatic N) is 1. The number of carbonyl (C=O) groups is 1. The molecule has 114 valence electrons. The van der Waals surface area contributed by atoms with Crippen LogP contribution in [0.25, 0.3) is 0 Å². The minimum absolute atomic E-state index is 0.0967. The number of amides is 2. The van der Waals surface area contributed by atoms with E-state index in [1.807, 2.05) is 30.3 Å². The fraction of sp³-hybridized carbons (Fsp3) is 0.588. The Bertz CT molecular complexity index is 456. The van der Waals surface area contributed by atoms with Crippen molar-refractivity contribution in [2.45, 2.75) is 38.1 Å². The Morgan fingerprint density at radius 1 is 1.14 bits per heavy atom. The first kappa shape index (κ1) is 14.4. The average Bonchev–Trinajstić information content (AvgIpc) is 3.17. The van der Waals surface area contributed by atoms with Crippen LogP contribution >= 0.6 is 0 Å². The number of benzene rings is 1. The molecule has 1 aliphatic carbocycles. The van der Waals surface area contributed by atoms with E-state index < -0.39 is 0 Å². The maximum Gasteiger partial charge on any atom is 0.319 e. The molecule has 1 atom stereocenters. The zero-order valence-electron chi connectivity index (χ0n) is 12.6. The lowest BCUT2D eigenvalue weighted by Gasteiger charge is -2.23. The van der Waals surface area contributed by atoms with Crippen LogP contribution in [0.2, 0.25) is 0 Å². The molecule has 0 aromatic heterocycles. The lowest BCUT2D eigenvalue weighted by atomic mass is 10.1. The number of carbonyl (C=O) groups excluding carboxylic acids is 1. The summed E-state index contributed by atoms with van der Waals surface area (Å²) < 4.78 is 0. The first-order valence-electron chi connectivity index (χ1n) is 8.15. The maximum atomic E-state index is 11.9. The van der Waals surface area contributed by atoms with Gasteiger partial charge in [0.2, 0.25) is 0 Å². The van der Waals surface area contributed by atoms with Crippen molar-refractivity contribution in [3.63, 3.8) is 0 Å². The van der Waals surface area contributed by atoms with Crippen molar-refractivity contribution in [1.82, 2.24) is 10.2 Å². The fourth-order valence-corrected chi connectivity index (χ4v) is 3.56. The highest BCUT2D eigenvalue weighted by Gasteiger charge is 2.29. The van der Waals surface area contributed by atoms with Gasteiger partial charge in [-0.1, -0.05) is 31.0 Å².